The average Bonchev–Trinajstić information content (AvgIpc) is 2.54. The van der Waals surface area contributed by atoms with Crippen molar-refractivity contribution in [2.45, 2.75) is 52.2 Å². The minimum absolute atomic E-state index is 0.184. The quantitative estimate of drug-likeness (QED) is 0.842. The van der Waals surface area contributed by atoms with Crippen molar-refractivity contribution in [3.8, 4) is 0 Å². The molecule has 0 aromatic carbocycles. The van der Waals surface area contributed by atoms with Gasteiger partial charge in [0.25, 0.3) is 0 Å². The molecule has 1 aromatic rings. The minimum Gasteiger partial charge on any atom is -0.444 e. The van der Waals surface area contributed by atoms with Crippen molar-refractivity contribution in [3.63, 3.8) is 0 Å². The Morgan fingerprint density at radius 2 is 2.04 bits per heavy atom. The molecule has 1 saturated heterocycles. The number of aromatic nitrogens is 1. The van der Waals surface area contributed by atoms with Gasteiger partial charge in [0.1, 0.15) is 5.60 Å². The Morgan fingerprint density at radius 1 is 1.38 bits per heavy atom. The molecular formula is C19H31N3O2. The highest BCUT2D eigenvalue weighted by atomic mass is 16.6. The van der Waals surface area contributed by atoms with E-state index in [0.29, 0.717) is 12.0 Å². The first-order valence-corrected chi connectivity index (χ1v) is 8.85. The number of carbonyl (C=O) groups is 1. The summed E-state index contributed by atoms with van der Waals surface area (Å²) in [6, 6.07) is 6.36. The van der Waals surface area contributed by atoms with Gasteiger partial charge in [0.2, 0.25) is 0 Å². The lowest BCUT2D eigenvalue weighted by Crippen LogP contribution is -2.43. The Bertz CT molecular complexity index is 519. The van der Waals surface area contributed by atoms with Crippen LogP contribution in [0.2, 0.25) is 0 Å². The van der Waals surface area contributed by atoms with Crippen LogP contribution in [0.1, 0.15) is 52.3 Å². The number of carbonyl (C=O) groups excluding carboxylic acids is 1. The van der Waals surface area contributed by atoms with Gasteiger partial charge in [-0.05, 0) is 65.6 Å². The molecule has 0 bridgehead atoms. The van der Waals surface area contributed by atoms with E-state index in [9.17, 15) is 4.79 Å². The summed E-state index contributed by atoms with van der Waals surface area (Å²) < 4.78 is 5.46. The summed E-state index contributed by atoms with van der Waals surface area (Å²) in [6.07, 6.45) is 3.71. The molecule has 2 rings (SSSR count). The molecule has 0 N–H and O–H groups in total. The van der Waals surface area contributed by atoms with Crippen LogP contribution in [0.4, 0.5) is 4.79 Å². The number of hydrogen-bond acceptors (Lipinski definition) is 4. The van der Waals surface area contributed by atoms with Crippen molar-refractivity contribution < 1.29 is 9.53 Å². The Hall–Kier alpha value is -1.62. The van der Waals surface area contributed by atoms with Gasteiger partial charge in [-0.25, -0.2) is 4.79 Å². The van der Waals surface area contributed by atoms with Gasteiger partial charge in [-0.1, -0.05) is 6.07 Å². The number of pyridine rings is 1. The zero-order valence-corrected chi connectivity index (χ0v) is 15.7. The maximum Gasteiger partial charge on any atom is 0.410 e. The highest BCUT2D eigenvalue weighted by molar-refractivity contribution is 5.68. The number of ether oxygens (including phenoxy) is 1. The number of likely N-dealkylation sites (tertiary alicyclic amines) is 1. The molecule has 1 aliphatic heterocycles. The van der Waals surface area contributed by atoms with Gasteiger partial charge in [-0.3, -0.25) is 9.88 Å². The fraction of sp³-hybridized carbons (Fsp3) is 0.684. The molecule has 0 radical (unpaired) electrons. The molecule has 1 aromatic heterocycles. The summed E-state index contributed by atoms with van der Waals surface area (Å²) >= 11 is 0. The van der Waals surface area contributed by atoms with Crippen LogP contribution in [0.15, 0.2) is 24.4 Å². The molecule has 1 fully saturated rings. The lowest BCUT2D eigenvalue weighted by molar-refractivity contribution is 0.0168. The Labute approximate surface area is 146 Å². The topological polar surface area (TPSA) is 45.7 Å². The van der Waals surface area contributed by atoms with Crippen molar-refractivity contribution in [3.05, 3.63) is 30.1 Å². The molecule has 1 unspecified atom stereocenters. The molecule has 2 heterocycles. The molecule has 0 aliphatic carbocycles. The van der Waals surface area contributed by atoms with Crippen molar-refractivity contribution in [2.24, 2.45) is 5.92 Å². The van der Waals surface area contributed by atoms with Crippen LogP contribution in [-0.4, -0.2) is 53.2 Å². The Morgan fingerprint density at radius 3 is 2.58 bits per heavy atom. The minimum atomic E-state index is -0.424. The van der Waals surface area contributed by atoms with Crippen LogP contribution in [0, 0.1) is 5.92 Å². The highest BCUT2D eigenvalue weighted by Crippen LogP contribution is 2.23. The van der Waals surface area contributed by atoms with E-state index < -0.39 is 5.60 Å². The van der Waals surface area contributed by atoms with Crippen LogP contribution < -0.4 is 0 Å². The highest BCUT2D eigenvalue weighted by Gasteiger charge is 2.28. The average molecular weight is 333 g/mol. The molecule has 1 atom stereocenters. The summed E-state index contributed by atoms with van der Waals surface area (Å²) in [5.74, 6) is 0.611. The maximum absolute atomic E-state index is 12.1. The van der Waals surface area contributed by atoms with Crippen LogP contribution >= 0.6 is 0 Å². The normalized spacial score (nSPS) is 17.8. The number of amides is 1. The summed E-state index contributed by atoms with van der Waals surface area (Å²) in [7, 11) is 2.15. The van der Waals surface area contributed by atoms with Crippen molar-refractivity contribution in [1.82, 2.24) is 14.8 Å². The fourth-order valence-electron chi connectivity index (χ4n) is 3.04. The monoisotopic (exact) mass is 333 g/mol. The van der Waals surface area contributed by atoms with Gasteiger partial charge in [0.05, 0.1) is 5.69 Å². The second kappa shape index (κ2) is 7.97. The van der Waals surface area contributed by atoms with Crippen molar-refractivity contribution in [1.29, 1.82) is 0 Å². The third kappa shape index (κ3) is 5.48. The molecule has 24 heavy (non-hydrogen) atoms. The third-order valence-corrected chi connectivity index (χ3v) is 4.59. The van der Waals surface area contributed by atoms with Gasteiger partial charge >= 0.3 is 6.09 Å². The van der Waals surface area contributed by atoms with E-state index in [-0.39, 0.29) is 6.09 Å². The molecule has 1 aliphatic rings. The van der Waals surface area contributed by atoms with Gasteiger partial charge in [0, 0.05) is 31.9 Å². The van der Waals surface area contributed by atoms with E-state index in [1.807, 2.05) is 44.0 Å². The Kier molecular flexibility index (Phi) is 6.21. The van der Waals surface area contributed by atoms with E-state index in [4.69, 9.17) is 4.74 Å². The van der Waals surface area contributed by atoms with Crippen molar-refractivity contribution in [2.75, 3.05) is 26.7 Å². The first kappa shape index (κ1) is 18.7. The van der Waals surface area contributed by atoms with E-state index in [1.165, 1.54) is 0 Å². The van der Waals surface area contributed by atoms with E-state index in [1.54, 1.807) is 0 Å². The molecule has 1 amide bonds. The predicted molar refractivity (Wildman–Crippen MR) is 95.8 cm³/mol. The lowest BCUT2D eigenvalue weighted by atomic mass is 9.96. The molecule has 5 heteroatoms. The number of rotatable bonds is 4. The van der Waals surface area contributed by atoms with Crippen LogP contribution in [-0.2, 0) is 4.74 Å². The smallest absolute Gasteiger partial charge is 0.410 e. The van der Waals surface area contributed by atoms with Crippen LogP contribution in [0.5, 0.6) is 0 Å². The lowest BCUT2D eigenvalue weighted by Gasteiger charge is -2.36. The Balaban J connectivity index is 1.79. The first-order valence-electron chi connectivity index (χ1n) is 8.85. The summed E-state index contributed by atoms with van der Waals surface area (Å²) in [4.78, 5) is 20.8. The molecule has 0 saturated carbocycles. The first-order chi connectivity index (χ1) is 11.3. The standard InChI is InChI=1S/C19H31N3O2/c1-15(17-8-6-7-11-20-17)21(5)14-16-9-12-22(13-10-16)18(23)24-19(2,3)4/h6-8,11,15-16H,9-10,12-14H2,1-5H3. The summed E-state index contributed by atoms with van der Waals surface area (Å²) in [6.45, 7) is 10.5. The SMILES string of the molecule is CC(c1ccccn1)N(C)CC1CCN(C(=O)OC(C)(C)C)CC1. The number of piperidine rings is 1. The number of nitrogens with zero attached hydrogens (tertiary/aromatic N) is 3. The van der Waals surface area contributed by atoms with Gasteiger partial charge in [0.15, 0.2) is 0 Å². The van der Waals surface area contributed by atoms with Gasteiger partial charge in [-0.15, -0.1) is 0 Å². The summed E-state index contributed by atoms with van der Waals surface area (Å²) in [5, 5.41) is 0. The van der Waals surface area contributed by atoms with Crippen molar-refractivity contribution >= 4 is 6.09 Å². The maximum atomic E-state index is 12.1. The molecule has 134 valence electrons. The van der Waals surface area contributed by atoms with Gasteiger partial charge in [-0.2, -0.15) is 0 Å². The van der Waals surface area contributed by atoms with E-state index >= 15 is 0 Å². The zero-order chi connectivity index (χ0) is 17.7. The largest absolute Gasteiger partial charge is 0.444 e. The fourth-order valence-corrected chi connectivity index (χ4v) is 3.04. The van der Waals surface area contributed by atoms with E-state index in [2.05, 4.69) is 29.9 Å². The second-order valence-corrected chi connectivity index (χ2v) is 7.78. The second-order valence-electron chi connectivity index (χ2n) is 7.78. The van der Waals surface area contributed by atoms with Crippen LogP contribution in [0.3, 0.4) is 0 Å². The van der Waals surface area contributed by atoms with Crippen LogP contribution in [0.25, 0.3) is 0 Å². The zero-order valence-electron chi connectivity index (χ0n) is 15.7. The summed E-state index contributed by atoms with van der Waals surface area (Å²) in [5.41, 5.74) is 0.679. The molecular weight excluding hydrogens is 302 g/mol. The number of hydrogen-bond donors (Lipinski definition) is 0. The molecule has 0 spiro atoms. The van der Waals surface area contributed by atoms with Gasteiger partial charge < -0.3 is 9.64 Å². The molecule has 5 nitrogen and oxygen atoms in total. The van der Waals surface area contributed by atoms with E-state index in [0.717, 1.165) is 38.2 Å². The predicted octanol–water partition coefficient (Wildman–Crippen LogP) is 3.72. The third-order valence-electron chi connectivity index (χ3n) is 4.59.